The molecule has 0 saturated heterocycles. The highest BCUT2D eigenvalue weighted by molar-refractivity contribution is 7.95. The first kappa shape index (κ1) is 10.9. The first-order valence-corrected chi connectivity index (χ1v) is 5.18. The summed E-state index contributed by atoms with van der Waals surface area (Å²) in [6, 6.07) is 0. The van der Waals surface area contributed by atoms with Crippen LogP contribution >= 0.6 is 0 Å². The summed E-state index contributed by atoms with van der Waals surface area (Å²) >= 11 is -4.09. The van der Waals surface area contributed by atoms with Crippen LogP contribution in [-0.4, -0.2) is 28.3 Å². The highest BCUT2D eigenvalue weighted by Crippen LogP contribution is 1.95. The number of rotatable bonds is 4. The van der Waals surface area contributed by atoms with E-state index in [0.717, 1.165) is 0 Å². The maximum absolute atomic E-state index is 10.1. The molecule has 66 valence electrons. The molecule has 0 saturated carbocycles. The van der Waals surface area contributed by atoms with Crippen molar-refractivity contribution >= 4 is 27.2 Å². The van der Waals surface area contributed by atoms with E-state index in [1.54, 1.807) is 0 Å². The Hall–Kier alpha value is -0.110. The van der Waals surface area contributed by atoms with Crippen LogP contribution in [0.4, 0.5) is 0 Å². The van der Waals surface area contributed by atoms with Gasteiger partial charge in [0.2, 0.25) is 11.1 Å². The fourth-order valence-electron chi connectivity index (χ4n) is 0.444. The molecule has 0 aliphatic carbocycles. The van der Waals surface area contributed by atoms with E-state index < -0.39 is 22.2 Å². The van der Waals surface area contributed by atoms with Crippen molar-refractivity contribution in [1.29, 1.82) is 5.41 Å². The van der Waals surface area contributed by atoms with E-state index in [1.807, 2.05) is 0 Å². The van der Waals surface area contributed by atoms with Gasteiger partial charge < -0.3 is 9.11 Å². The lowest BCUT2D eigenvalue weighted by Crippen LogP contribution is -2.06. The van der Waals surface area contributed by atoms with E-state index >= 15 is 0 Å². The monoisotopic (exact) mass is 199 g/mol. The van der Waals surface area contributed by atoms with Crippen molar-refractivity contribution in [2.24, 2.45) is 0 Å². The fourth-order valence-corrected chi connectivity index (χ4v) is 1.15. The summed E-state index contributed by atoms with van der Waals surface area (Å²) in [6.07, 6.45) is 0.379. The van der Waals surface area contributed by atoms with Crippen LogP contribution in [0.5, 0.6) is 0 Å². The summed E-state index contributed by atoms with van der Waals surface area (Å²) in [4.78, 5) is 0. The van der Waals surface area contributed by atoms with Crippen LogP contribution in [0.15, 0.2) is 0 Å². The quantitative estimate of drug-likeness (QED) is 0.342. The minimum atomic E-state index is -2.22. The van der Waals surface area contributed by atoms with Gasteiger partial charge in [-0.05, 0) is 6.42 Å². The smallest absolute Gasteiger partial charge is 0.200 e. The third kappa shape index (κ3) is 6.29. The van der Waals surface area contributed by atoms with Crippen molar-refractivity contribution in [3.8, 4) is 0 Å². The summed E-state index contributed by atoms with van der Waals surface area (Å²) in [7, 11) is 0. The van der Waals surface area contributed by atoms with Crippen LogP contribution < -0.4 is 0 Å². The molecule has 11 heavy (non-hydrogen) atoms. The van der Waals surface area contributed by atoms with E-state index in [4.69, 9.17) is 14.5 Å². The molecule has 0 rings (SSSR count). The Kier molecular flexibility index (Phi) is 5.47. The maximum Gasteiger partial charge on any atom is 0.200 e. The number of hydrogen-bond acceptors (Lipinski definition) is 3. The predicted octanol–water partition coefficient (Wildman–Crippen LogP) is 0.187. The Balaban J connectivity index is 3.47. The molecule has 0 aromatic heterocycles. The Labute approximate surface area is 69.3 Å². The summed E-state index contributed by atoms with van der Waals surface area (Å²) in [5, 5.41) is 6.55. The highest BCUT2D eigenvalue weighted by atomic mass is 32.2. The van der Waals surface area contributed by atoms with Crippen molar-refractivity contribution in [1.82, 2.24) is 0 Å². The molecule has 0 bridgehead atoms. The van der Waals surface area contributed by atoms with Gasteiger partial charge in [-0.3, -0.25) is 5.41 Å². The van der Waals surface area contributed by atoms with Crippen molar-refractivity contribution in [2.75, 3.05) is 5.75 Å². The summed E-state index contributed by atoms with van der Waals surface area (Å²) < 4.78 is 36.7. The summed E-state index contributed by atoms with van der Waals surface area (Å²) in [5.41, 5.74) is 0. The summed E-state index contributed by atoms with van der Waals surface area (Å²) in [5.74, 6) is 0.0412. The SMILES string of the molecule is N=C(CCCS(=O)O)S(=O)O. The molecule has 2 atom stereocenters. The molecule has 0 aliphatic heterocycles. The van der Waals surface area contributed by atoms with E-state index in [9.17, 15) is 8.42 Å². The lowest BCUT2D eigenvalue weighted by Gasteiger charge is -1.95. The van der Waals surface area contributed by atoms with E-state index in [1.165, 1.54) is 0 Å². The third-order valence-electron chi connectivity index (χ3n) is 0.934. The van der Waals surface area contributed by atoms with Crippen LogP contribution in [0, 0.1) is 5.41 Å². The molecule has 0 amide bonds. The zero-order chi connectivity index (χ0) is 8.85. The van der Waals surface area contributed by atoms with E-state index in [2.05, 4.69) is 0 Å². The molecular formula is C4H9NO4S2. The minimum Gasteiger partial charge on any atom is -0.306 e. The average Bonchev–Trinajstić information content (AvgIpc) is 1.86. The fraction of sp³-hybridized carbons (Fsp3) is 0.750. The van der Waals surface area contributed by atoms with E-state index in [-0.39, 0.29) is 23.6 Å². The topological polar surface area (TPSA) is 98.5 Å². The van der Waals surface area contributed by atoms with Gasteiger partial charge in [-0.1, -0.05) is 0 Å². The standard InChI is InChI=1S/C4H9NO4S2/c5-4(11(8)9)2-1-3-10(6)7/h5H,1-3H2,(H,6,7)(H,8,9). The van der Waals surface area contributed by atoms with Crippen molar-refractivity contribution in [3.63, 3.8) is 0 Å². The van der Waals surface area contributed by atoms with Crippen LogP contribution in [0.1, 0.15) is 12.8 Å². The van der Waals surface area contributed by atoms with Gasteiger partial charge in [0.1, 0.15) is 5.04 Å². The second kappa shape index (κ2) is 5.53. The molecule has 0 aromatic rings. The zero-order valence-corrected chi connectivity index (χ0v) is 7.28. The number of hydrogen-bond donors (Lipinski definition) is 3. The molecule has 0 fully saturated rings. The van der Waals surface area contributed by atoms with Crippen LogP contribution in [0.3, 0.4) is 0 Å². The van der Waals surface area contributed by atoms with Gasteiger partial charge in [0, 0.05) is 12.2 Å². The molecule has 0 radical (unpaired) electrons. The second-order valence-corrected chi connectivity index (χ2v) is 3.84. The Morgan fingerprint density at radius 1 is 1.36 bits per heavy atom. The molecular weight excluding hydrogens is 190 g/mol. The van der Waals surface area contributed by atoms with Gasteiger partial charge in [-0.25, -0.2) is 8.42 Å². The van der Waals surface area contributed by atoms with Crippen LogP contribution in [0.2, 0.25) is 0 Å². The summed E-state index contributed by atoms with van der Waals surface area (Å²) in [6.45, 7) is 0. The Bertz CT molecular complexity index is 193. The first-order valence-electron chi connectivity index (χ1n) is 2.79. The lowest BCUT2D eigenvalue weighted by molar-refractivity contribution is 0.561. The second-order valence-electron chi connectivity index (χ2n) is 1.80. The van der Waals surface area contributed by atoms with Gasteiger partial charge in [-0.15, -0.1) is 0 Å². The normalized spacial score (nSPS) is 15.8. The molecule has 5 nitrogen and oxygen atoms in total. The third-order valence-corrected chi connectivity index (χ3v) is 2.20. The zero-order valence-electron chi connectivity index (χ0n) is 5.65. The minimum absolute atomic E-state index is 0.0412. The van der Waals surface area contributed by atoms with Crippen molar-refractivity contribution in [2.45, 2.75) is 12.8 Å². The maximum atomic E-state index is 10.1. The average molecular weight is 199 g/mol. The predicted molar refractivity (Wildman–Crippen MR) is 43.4 cm³/mol. The molecule has 0 aliphatic rings. The Morgan fingerprint density at radius 2 is 1.91 bits per heavy atom. The van der Waals surface area contributed by atoms with Crippen LogP contribution in [-0.2, 0) is 22.2 Å². The van der Waals surface area contributed by atoms with Crippen molar-refractivity contribution in [3.05, 3.63) is 0 Å². The lowest BCUT2D eigenvalue weighted by atomic mass is 10.4. The Morgan fingerprint density at radius 3 is 2.27 bits per heavy atom. The van der Waals surface area contributed by atoms with Gasteiger partial charge in [0.15, 0.2) is 11.1 Å². The van der Waals surface area contributed by atoms with Gasteiger partial charge in [0.25, 0.3) is 0 Å². The molecule has 0 spiro atoms. The largest absolute Gasteiger partial charge is 0.306 e. The van der Waals surface area contributed by atoms with Gasteiger partial charge >= 0.3 is 0 Å². The van der Waals surface area contributed by atoms with Gasteiger partial charge in [-0.2, -0.15) is 0 Å². The van der Waals surface area contributed by atoms with Crippen molar-refractivity contribution < 1.29 is 17.5 Å². The van der Waals surface area contributed by atoms with Gasteiger partial charge in [0.05, 0.1) is 0 Å². The first-order chi connectivity index (χ1) is 5.04. The highest BCUT2D eigenvalue weighted by Gasteiger charge is 2.03. The molecule has 0 aromatic carbocycles. The molecule has 2 unspecified atom stereocenters. The molecule has 0 heterocycles. The molecule has 7 heteroatoms. The number of nitrogens with one attached hydrogen (secondary N) is 1. The molecule has 3 N–H and O–H groups in total. The van der Waals surface area contributed by atoms with Crippen LogP contribution in [0.25, 0.3) is 0 Å². The van der Waals surface area contributed by atoms with E-state index in [0.29, 0.717) is 0 Å².